The number of rotatable bonds is 9. The third-order valence-corrected chi connectivity index (χ3v) is 3.75. The second-order valence-electron chi connectivity index (χ2n) is 5.53. The third kappa shape index (κ3) is 7.78. The summed E-state index contributed by atoms with van der Waals surface area (Å²) in [6.45, 7) is 14.3. The Labute approximate surface area is 137 Å². The summed E-state index contributed by atoms with van der Waals surface area (Å²) in [6.07, 6.45) is 17.9. The molecular weight excluding hydrogens is 266 g/mol. The lowest BCUT2D eigenvalue weighted by atomic mass is 9.90. The normalized spacial score (nSPS) is 15.6. The lowest BCUT2D eigenvalue weighted by molar-refractivity contribution is 0.677. The molecule has 0 aromatic heterocycles. The van der Waals surface area contributed by atoms with Crippen LogP contribution in [-0.2, 0) is 0 Å². The summed E-state index contributed by atoms with van der Waals surface area (Å²) < 4.78 is 0. The van der Waals surface area contributed by atoms with Crippen molar-refractivity contribution in [2.75, 3.05) is 0 Å². The van der Waals surface area contributed by atoms with Crippen LogP contribution in [0.15, 0.2) is 71.9 Å². The molecule has 0 aromatic rings. The van der Waals surface area contributed by atoms with Crippen LogP contribution in [0.2, 0.25) is 0 Å². The Bertz CT molecular complexity index is 510. The molecule has 0 heterocycles. The van der Waals surface area contributed by atoms with E-state index >= 15 is 0 Å². The smallest absolute Gasteiger partial charge is 0.0603 e. The van der Waals surface area contributed by atoms with Gasteiger partial charge in [-0.05, 0) is 43.8 Å². The molecule has 1 heteroatoms. The molecular formula is C21H31N. The largest absolute Gasteiger partial charge is 0.300 e. The molecule has 0 bridgehead atoms. The van der Waals surface area contributed by atoms with E-state index < -0.39 is 0 Å². The summed E-state index contributed by atoms with van der Waals surface area (Å²) in [6, 6.07) is 0. The van der Waals surface area contributed by atoms with E-state index in [1.807, 2.05) is 43.4 Å². The summed E-state index contributed by atoms with van der Waals surface area (Å²) in [5, 5.41) is 8.43. The maximum Gasteiger partial charge on any atom is 0.0603 e. The third-order valence-electron chi connectivity index (χ3n) is 3.75. The molecule has 120 valence electrons. The first-order valence-corrected chi connectivity index (χ1v) is 8.07. The molecule has 0 aromatic carbocycles. The number of nitrogens with one attached hydrogen (secondary N) is 1. The zero-order valence-electron chi connectivity index (χ0n) is 14.8. The Kier molecular flexibility index (Phi) is 10.7. The summed E-state index contributed by atoms with van der Waals surface area (Å²) in [5.74, 6) is 0.372. The van der Waals surface area contributed by atoms with Gasteiger partial charge in [0.25, 0.3) is 0 Å². The van der Waals surface area contributed by atoms with Crippen molar-refractivity contribution in [1.29, 1.82) is 5.41 Å². The van der Waals surface area contributed by atoms with Crippen LogP contribution >= 0.6 is 0 Å². The fraction of sp³-hybridized carbons (Fsp3) is 0.381. The molecule has 1 nitrogen and oxygen atoms in total. The quantitative estimate of drug-likeness (QED) is 0.367. The molecule has 0 aliphatic rings. The van der Waals surface area contributed by atoms with Crippen LogP contribution in [0.25, 0.3) is 0 Å². The zero-order chi connectivity index (χ0) is 17.0. The van der Waals surface area contributed by atoms with Gasteiger partial charge in [-0.25, -0.2) is 0 Å². The van der Waals surface area contributed by atoms with Gasteiger partial charge in [0.15, 0.2) is 0 Å². The van der Waals surface area contributed by atoms with Crippen molar-refractivity contribution in [1.82, 2.24) is 0 Å². The molecule has 0 radical (unpaired) electrons. The predicted octanol–water partition coefficient (Wildman–Crippen LogP) is 6.58. The molecule has 0 saturated heterocycles. The highest BCUT2D eigenvalue weighted by molar-refractivity contribution is 6.10. The van der Waals surface area contributed by atoms with E-state index in [1.165, 1.54) is 5.57 Å². The summed E-state index contributed by atoms with van der Waals surface area (Å²) in [4.78, 5) is 0. The van der Waals surface area contributed by atoms with Crippen LogP contribution in [0.5, 0.6) is 0 Å². The molecule has 1 unspecified atom stereocenters. The summed E-state index contributed by atoms with van der Waals surface area (Å²) in [5.41, 5.74) is 4.02. The van der Waals surface area contributed by atoms with Crippen LogP contribution in [0.4, 0.5) is 0 Å². The molecule has 0 aliphatic carbocycles. The highest BCUT2D eigenvalue weighted by Gasteiger charge is 2.12. The lowest BCUT2D eigenvalue weighted by Gasteiger charge is -2.15. The lowest BCUT2D eigenvalue weighted by Crippen LogP contribution is -2.10. The first-order chi connectivity index (χ1) is 10.5. The van der Waals surface area contributed by atoms with Gasteiger partial charge >= 0.3 is 0 Å². The van der Waals surface area contributed by atoms with E-state index in [2.05, 4.69) is 40.3 Å². The van der Waals surface area contributed by atoms with Crippen LogP contribution in [-0.4, -0.2) is 5.71 Å². The van der Waals surface area contributed by atoms with Crippen molar-refractivity contribution >= 4 is 5.71 Å². The molecule has 0 fully saturated rings. The van der Waals surface area contributed by atoms with Crippen LogP contribution in [0, 0.1) is 11.3 Å². The van der Waals surface area contributed by atoms with E-state index in [0.29, 0.717) is 11.6 Å². The molecule has 22 heavy (non-hydrogen) atoms. The minimum atomic E-state index is 0.372. The highest BCUT2D eigenvalue weighted by atomic mass is 14.4. The van der Waals surface area contributed by atoms with Crippen LogP contribution in [0.3, 0.4) is 0 Å². The molecule has 0 rings (SSSR count). The fourth-order valence-electron chi connectivity index (χ4n) is 1.80. The van der Waals surface area contributed by atoms with Gasteiger partial charge in [0.05, 0.1) is 5.71 Å². The van der Waals surface area contributed by atoms with E-state index in [1.54, 1.807) is 6.08 Å². The fourth-order valence-corrected chi connectivity index (χ4v) is 1.80. The van der Waals surface area contributed by atoms with Gasteiger partial charge in [0.1, 0.15) is 0 Å². The van der Waals surface area contributed by atoms with E-state index in [-0.39, 0.29) is 0 Å². The Morgan fingerprint density at radius 3 is 2.14 bits per heavy atom. The Morgan fingerprint density at radius 1 is 1.00 bits per heavy atom. The van der Waals surface area contributed by atoms with Crippen molar-refractivity contribution in [2.45, 2.75) is 47.5 Å². The Morgan fingerprint density at radius 2 is 1.59 bits per heavy atom. The van der Waals surface area contributed by atoms with Crippen molar-refractivity contribution in [2.24, 2.45) is 5.92 Å². The van der Waals surface area contributed by atoms with Crippen LogP contribution in [0.1, 0.15) is 47.5 Å². The first kappa shape index (κ1) is 20.1. The average Bonchev–Trinajstić information content (AvgIpc) is 2.53. The van der Waals surface area contributed by atoms with Crippen molar-refractivity contribution in [3.05, 3.63) is 71.9 Å². The van der Waals surface area contributed by atoms with Gasteiger partial charge in [-0.3, -0.25) is 0 Å². The van der Waals surface area contributed by atoms with Crippen molar-refractivity contribution in [3.8, 4) is 0 Å². The Hall–Kier alpha value is -1.89. The Balaban J connectivity index is 5.17. The second-order valence-corrected chi connectivity index (χ2v) is 5.53. The van der Waals surface area contributed by atoms with Gasteiger partial charge in [-0.1, -0.05) is 81.5 Å². The molecule has 1 atom stereocenters. The second kappa shape index (κ2) is 11.7. The van der Waals surface area contributed by atoms with Gasteiger partial charge in [0.2, 0.25) is 0 Å². The van der Waals surface area contributed by atoms with Gasteiger partial charge in [0, 0.05) is 0 Å². The highest BCUT2D eigenvalue weighted by Crippen LogP contribution is 2.19. The van der Waals surface area contributed by atoms with Gasteiger partial charge in [-0.15, -0.1) is 0 Å². The first-order valence-electron chi connectivity index (χ1n) is 8.07. The minimum Gasteiger partial charge on any atom is -0.300 e. The SMILES string of the molecule is C=C/C=C\C=C(\C(=N)/C(C)=C/C=C\C=C(/C)CC)C(C)CC. The molecule has 1 N–H and O–H groups in total. The number of hydrogen-bond acceptors (Lipinski definition) is 1. The maximum atomic E-state index is 8.43. The summed E-state index contributed by atoms with van der Waals surface area (Å²) >= 11 is 0. The summed E-state index contributed by atoms with van der Waals surface area (Å²) in [7, 11) is 0. The molecule has 0 spiro atoms. The van der Waals surface area contributed by atoms with Gasteiger partial charge < -0.3 is 5.41 Å². The number of allylic oxidation sites excluding steroid dienone is 11. The maximum absolute atomic E-state index is 8.43. The molecule has 0 saturated carbocycles. The minimum absolute atomic E-state index is 0.372. The van der Waals surface area contributed by atoms with Crippen molar-refractivity contribution in [3.63, 3.8) is 0 Å². The number of hydrogen-bond donors (Lipinski definition) is 1. The molecule has 0 amide bonds. The zero-order valence-corrected chi connectivity index (χ0v) is 14.8. The van der Waals surface area contributed by atoms with E-state index in [9.17, 15) is 0 Å². The average molecular weight is 297 g/mol. The molecule has 0 aliphatic heterocycles. The topological polar surface area (TPSA) is 23.9 Å². The van der Waals surface area contributed by atoms with E-state index in [4.69, 9.17) is 5.41 Å². The monoisotopic (exact) mass is 297 g/mol. The van der Waals surface area contributed by atoms with Crippen LogP contribution < -0.4 is 0 Å². The van der Waals surface area contributed by atoms with Crippen molar-refractivity contribution < 1.29 is 0 Å². The predicted molar refractivity (Wildman–Crippen MR) is 102 cm³/mol. The van der Waals surface area contributed by atoms with Gasteiger partial charge in [-0.2, -0.15) is 0 Å². The standard InChI is InChI=1S/C21H31N/c1-7-10-11-16-20(18(5)9-3)21(22)19(6)15-13-12-14-17(4)8-2/h7,10-16,18,22H,1,8-9H2,2-6H3/b11-10-,13-12-,17-14+,19-15+,20-16+,22-21?. The van der Waals surface area contributed by atoms with E-state index in [0.717, 1.165) is 24.0 Å².